The number of nitrogens with zero attached hydrogens (tertiary/aromatic N) is 3. The second-order valence-corrected chi connectivity index (χ2v) is 10.4. The van der Waals surface area contributed by atoms with Crippen molar-refractivity contribution in [1.29, 1.82) is 0 Å². The van der Waals surface area contributed by atoms with Crippen LogP contribution in [0.2, 0.25) is 0 Å². The highest BCUT2D eigenvalue weighted by molar-refractivity contribution is 6.52. The number of carboxylic acid groups (broad SMARTS) is 1. The van der Waals surface area contributed by atoms with Gasteiger partial charge in [0, 0.05) is 17.9 Å². The van der Waals surface area contributed by atoms with Gasteiger partial charge in [-0.05, 0) is 104 Å². The Kier molecular flexibility index (Phi) is 6.61. The molecular formula is C33H31N3O3. The first-order chi connectivity index (χ1) is 19.0. The molecular weight excluding hydrogens is 486 g/mol. The van der Waals surface area contributed by atoms with Crippen LogP contribution in [0.15, 0.2) is 83.5 Å². The number of hydrazone groups is 1. The summed E-state index contributed by atoms with van der Waals surface area (Å²) in [6, 6.07) is 20.9. The van der Waals surface area contributed by atoms with Gasteiger partial charge < -0.3 is 10.0 Å². The zero-order valence-corrected chi connectivity index (χ0v) is 22.1. The Morgan fingerprint density at radius 2 is 1.72 bits per heavy atom. The third-order valence-electron chi connectivity index (χ3n) is 7.80. The molecule has 6 heteroatoms. The summed E-state index contributed by atoms with van der Waals surface area (Å²) >= 11 is 0. The Labute approximate surface area is 228 Å². The van der Waals surface area contributed by atoms with Crippen molar-refractivity contribution in [3.8, 4) is 0 Å². The molecule has 0 fully saturated rings. The second kappa shape index (κ2) is 10.4. The third kappa shape index (κ3) is 4.78. The lowest BCUT2D eigenvalue weighted by molar-refractivity contribution is -0.129. The summed E-state index contributed by atoms with van der Waals surface area (Å²) in [6.45, 7) is 3.08. The van der Waals surface area contributed by atoms with E-state index >= 15 is 0 Å². The predicted molar refractivity (Wildman–Crippen MR) is 156 cm³/mol. The Bertz CT molecular complexity index is 1550. The van der Waals surface area contributed by atoms with E-state index < -0.39 is 11.9 Å². The molecule has 196 valence electrons. The maximum atomic E-state index is 13.4. The molecule has 1 amide bonds. The number of hydrogen-bond acceptors (Lipinski definition) is 4. The number of aliphatic carboxylic acids is 1. The van der Waals surface area contributed by atoms with Crippen LogP contribution in [-0.4, -0.2) is 29.2 Å². The van der Waals surface area contributed by atoms with Crippen molar-refractivity contribution in [2.24, 2.45) is 5.10 Å². The molecule has 0 aromatic heterocycles. The van der Waals surface area contributed by atoms with Crippen LogP contribution in [0.4, 0.5) is 17.1 Å². The fourth-order valence-electron chi connectivity index (χ4n) is 5.81. The molecule has 0 saturated carbocycles. The van der Waals surface area contributed by atoms with Gasteiger partial charge in [0.25, 0.3) is 5.91 Å². The Balaban J connectivity index is 1.26. The Morgan fingerprint density at radius 1 is 0.923 bits per heavy atom. The molecule has 3 aromatic carbocycles. The molecule has 0 unspecified atom stereocenters. The van der Waals surface area contributed by atoms with Crippen LogP contribution in [-0.2, 0) is 28.9 Å². The zero-order chi connectivity index (χ0) is 26.9. The van der Waals surface area contributed by atoms with Gasteiger partial charge in [-0.1, -0.05) is 48.0 Å². The van der Waals surface area contributed by atoms with Crippen LogP contribution < -0.4 is 9.91 Å². The first-order valence-electron chi connectivity index (χ1n) is 13.6. The van der Waals surface area contributed by atoms with Gasteiger partial charge in [-0.3, -0.25) is 4.79 Å². The molecule has 1 aliphatic carbocycles. The number of carboxylic acids is 1. The number of allylic oxidation sites excluding steroid dienone is 2. The van der Waals surface area contributed by atoms with Gasteiger partial charge in [-0.15, -0.1) is 0 Å². The van der Waals surface area contributed by atoms with Crippen molar-refractivity contribution < 1.29 is 14.7 Å². The normalized spacial score (nSPS) is 17.9. The fraction of sp³-hybridized carbons (Fsp3) is 0.242. The van der Waals surface area contributed by atoms with Gasteiger partial charge in [0.1, 0.15) is 0 Å². The van der Waals surface area contributed by atoms with Gasteiger partial charge in [-0.25, -0.2) is 4.79 Å². The molecule has 2 aliphatic heterocycles. The average Bonchev–Trinajstić information content (AvgIpc) is 3.28. The number of anilines is 3. The monoisotopic (exact) mass is 517 g/mol. The smallest absolute Gasteiger partial charge is 0.357 e. The van der Waals surface area contributed by atoms with E-state index in [-0.39, 0.29) is 11.3 Å². The predicted octanol–water partition coefficient (Wildman–Crippen LogP) is 6.39. The fourth-order valence-corrected chi connectivity index (χ4v) is 5.81. The molecule has 0 radical (unpaired) electrons. The highest BCUT2D eigenvalue weighted by Crippen LogP contribution is 2.35. The van der Waals surface area contributed by atoms with Gasteiger partial charge in [-0.2, -0.15) is 10.1 Å². The summed E-state index contributed by atoms with van der Waals surface area (Å²) < 4.78 is 0. The summed E-state index contributed by atoms with van der Waals surface area (Å²) in [5.74, 6) is -1.62. The van der Waals surface area contributed by atoms with Gasteiger partial charge in [0.15, 0.2) is 5.71 Å². The number of amides is 1. The minimum absolute atomic E-state index is 0.0932. The minimum Gasteiger partial charge on any atom is -0.476 e. The maximum absolute atomic E-state index is 13.4. The maximum Gasteiger partial charge on any atom is 0.357 e. The molecule has 6 nitrogen and oxygen atoms in total. The molecule has 1 N–H and O–H groups in total. The van der Waals surface area contributed by atoms with Crippen molar-refractivity contribution in [2.45, 2.75) is 45.4 Å². The number of benzene rings is 3. The van der Waals surface area contributed by atoms with E-state index in [1.807, 2.05) is 18.2 Å². The Hall–Kier alpha value is -4.45. The van der Waals surface area contributed by atoms with Gasteiger partial charge in [0.2, 0.25) is 0 Å². The summed E-state index contributed by atoms with van der Waals surface area (Å²) in [5.41, 5.74) is 8.80. The van der Waals surface area contributed by atoms with E-state index in [1.165, 1.54) is 33.1 Å². The number of fused-ring (bicyclic) bond motifs is 2. The third-order valence-corrected chi connectivity index (χ3v) is 7.80. The summed E-state index contributed by atoms with van der Waals surface area (Å²) in [7, 11) is 0. The Morgan fingerprint density at radius 3 is 2.54 bits per heavy atom. The van der Waals surface area contributed by atoms with E-state index in [9.17, 15) is 14.7 Å². The number of carbonyl (C=O) groups is 2. The van der Waals surface area contributed by atoms with E-state index in [2.05, 4.69) is 65.5 Å². The van der Waals surface area contributed by atoms with Crippen LogP contribution in [0.1, 0.15) is 47.1 Å². The second-order valence-electron chi connectivity index (χ2n) is 10.4. The number of carbonyl (C=O) groups excluding carboxylic acids is 1. The lowest BCUT2D eigenvalue weighted by atomic mass is 9.90. The van der Waals surface area contributed by atoms with Crippen LogP contribution in [0.25, 0.3) is 6.08 Å². The van der Waals surface area contributed by atoms with Gasteiger partial charge in [0.05, 0.1) is 11.3 Å². The lowest BCUT2D eigenvalue weighted by Gasteiger charge is -2.31. The van der Waals surface area contributed by atoms with Crippen LogP contribution >= 0.6 is 0 Å². The van der Waals surface area contributed by atoms with Crippen molar-refractivity contribution in [1.82, 2.24) is 0 Å². The van der Waals surface area contributed by atoms with E-state index in [4.69, 9.17) is 0 Å². The van der Waals surface area contributed by atoms with E-state index in [0.717, 1.165) is 56.2 Å². The minimum atomic E-state index is -1.21. The molecule has 3 aliphatic rings. The molecule has 2 heterocycles. The topological polar surface area (TPSA) is 73.2 Å². The van der Waals surface area contributed by atoms with Crippen molar-refractivity contribution in [3.63, 3.8) is 0 Å². The van der Waals surface area contributed by atoms with Gasteiger partial charge >= 0.3 is 5.97 Å². The number of hydrogen-bond donors (Lipinski definition) is 1. The number of aryl methyl sites for hydroxylation is 3. The number of rotatable bonds is 5. The van der Waals surface area contributed by atoms with Crippen LogP contribution in [0.3, 0.4) is 0 Å². The largest absolute Gasteiger partial charge is 0.476 e. The first kappa shape index (κ1) is 24.9. The SMILES string of the molecule is Cc1ccc(N2CCCc3cc(/C=C/C=C4\C(=O)N(c5cccc6c5CCCC6)N=C4C(=O)O)ccc32)cc1. The summed E-state index contributed by atoms with van der Waals surface area (Å²) in [4.78, 5) is 27.7. The summed E-state index contributed by atoms with van der Waals surface area (Å²) in [6.07, 6.45) is 11.3. The molecule has 0 atom stereocenters. The van der Waals surface area contributed by atoms with Crippen molar-refractivity contribution in [3.05, 3.63) is 106 Å². The molecule has 6 rings (SSSR count). The standard InChI is InChI=1S/C33H31N3O3/c1-22-14-17-26(18-15-22)35-20-6-10-25-21-23(16-19-29(25)35)7-4-12-28-31(33(38)39)34-36(32(28)37)30-13-5-9-24-8-2-3-11-27(24)30/h4-5,7,9,12-19,21H,2-3,6,8,10-11,20H2,1H3,(H,38,39)/b7-4+,28-12-. The highest BCUT2D eigenvalue weighted by atomic mass is 16.4. The highest BCUT2D eigenvalue weighted by Gasteiger charge is 2.36. The lowest BCUT2D eigenvalue weighted by Crippen LogP contribution is -2.24. The van der Waals surface area contributed by atoms with Crippen molar-refractivity contribution >= 4 is 40.7 Å². The average molecular weight is 518 g/mol. The molecule has 39 heavy (non-hydrogen) atoms. The zero-order valence-electron chi connectivity index (χ0n) is 22.1. The van der Waals surface area contributed by atoms with Crippen molar-refractivity contribution in [2.75, 3.05) is 16.5 Å². The van der Waals surface area contributed by atoms with Crippen LogP contribution in [0.5, 0.6) is 0 Å². The molecule has 0 bridgehead atoms. The molecule has 0 saturated heterocycles. The first-order valence-corrected chi connectivity index (χ1v) is 13.6. The molecule has 0 spiro atoms. The van der Waals surface area contributed by atoms with E-state index in [0.29, 0.717) is 5.69 Å². The summed E-state index contributed by atoms with van der Waals surface area (Å²) in [5, 5.41) is 15.3. The molecule has 3 aromatic rings. The van der Waals surface area contributed by atoms with E-state index in [1.54, 1.807) is 12.2 Å². The quantitative estimate of drug-likeness (QED) is 0.398. The van der Waals surface area contributed by atoms with Crippen LogP contribution in [0, 0.1) is 6.92 Å².